The Morgan fingerprint density at radius 3 is 2.83 bits per heavy atom. The van der Waals surface area contributed by atoms with Crippen LogP contribution in [0, 0.1) is 6.92 Å². The van der Waals surface area contributed by atoms with Crippen LogP contribution >= 0.6 is 23.2 Å². The van der Waals surface area contributed by atoms with E-state index in [1.807, 2.05) is 11.5 Å². The van der Waals surface area contributed by atoms with Crippen LogP contribution in [-0.4, -0.2) is 9.55 Å². The summed E-state index contributed by atoms with van der Waals surface area (Å²) in [6, 6.07) is 5.23. The van der Waals surface area contributed by atoms with E-state index in [9.17, 15) is 0 Å². The maximum absolute atomic E-state index is 6.16. The van der Waals surface area contributed by atoms with Gasteiger partial charge >= 0.3 is 0 Å². The third-order valence-electron chi connectivity index (χ3n) is 2.69. The quantitative estimate of drug-likeness (QED) is 0.867. The zero-order chi connectivity index (χ0) is 13.3. The number of nitrogens with two attached hydrogens (primary N) is 1. The van der Waals surface area contributed by atoms with E-state index < -0.39 is 0 Å². The Hall–Kier alpha value is -1.45. The number of imidazole rings is 1. The Morgan fingerprint density at radius 2 is 2.17 bits per heavy atom. The number of halogens is 2. The summed E-state index contributed by atoms with van der Waals surface area (Å²) < 4.78 is 1.87. The van der Waals surface area contributed by atoms with Gasteiger partial charge in [0.2, 0.25) is 0 Å². The van der Waals surface area contributed by atoms with Crippen molar-refractivity contribution >= 4 is 29.0 Å². The molecule has 0 aliphatic rings. The van der Waals surface area contributed by atoms with Gasteiger partial charge in [-0.2, -0.15) is 0 Å². The minimum Gasteiger partial charge on any atom is -0.383 e. The number of nitrogen functional groups attached to an aromatic ring is 1. The molecule has 0 bridgehead atoms. The highest BCUT2D eigenvalue weighted by molar-refractivity contribution is 6.35. The Bertz CT molecular complexity index is 603. The third kappa shape index (κ3) is 2.24. The molecule has 0 aliphatic carbocycles. The molecule has 1 aromatic carbocycles. The summed E-state index contributed by atoms with van der Waals surface area (Å²) in [5.41, 5.74) is 7.49. The molecule has 1 heterocycles. The van der Waals surface area contributed by atoms with E-state index in [-0.39, 0.29) is 0 Å². The van der Waals surface area contributed by atoms with E-state index >= 15 is 0 Å². The van der Waals surface area contributed by atoms with Crippen LogP contribution in [0.25, 0.3) is 11.3 Å². The second-order valence-corrected chi connectivity index (χ2v) is 4.76. The van der Waals surface area contributed by atoms with Crippen molar-refractivity contribution in [3.8, 4) is 11.3 Å². The van der Waals surface area contributed by atoms with E-state index in [2.05, 4.69) is 11.6 Å². The van der Waals surface area contributed by atoms with E-state index in [1.54, 1.807) is 24.3 Å². The molecule has 1 aromatic heterocycles. The van der Waals surface area contributed by atoms with Gasteiger partial charge in [-0.25, -0.2) is 4.98 Å². The van der Waals surface area contributed by atoms with E-state index in [4.69, 9.17) is 28.9 Å². The van der Waals surface area contributed by atoms with Crippen molar-refractivity contribution in [1.29, 1.82) is 0 Å². The lowest BCUT2D eigenvalue weighted by atomic mass is 10.1. The monoisotopic (exact) mass is 281 g/mol. The molecule has 0 spiro atoms. The molecular weight excluding hydrogens is 269 g/mol. The highest BCUT2D eigenvalue weighted by atomic mass is 35.5. The molecule has 0 radical (unpaired) electrons. The molecule has 0 aliphatic heterocycles. The van der Waals surface area contributed by atoms with Gasteiger partial charge in [-0.3, -0.25) is 0 Å². The molecule has 0 atom stereocenters. The Morgan fingerprint density at radius 1 is 1.44 bits per heavy atom. The maximum atomic E-state index is 6.16. The van der Waals surface area contributed by atoms with Gasteiger partial charge in [0.15, 0.2) is 0 Å². The standard InChI is InChI=1S/C13H13Cl2N3/c1-3-6-18-8(2)17-12(13(18)16)10-7-9(14)4-5-11(10)15/h3-5,7H,1,6,16H2,2H3. The zero-order valence-electron chi connectivity index (χ0n) is 9.95. The molecule has 0 fully saturated rings. The van der Waals surface area contributed by atoms with Crippen molar-refractivity contribution < 1.29 is 0 Å². The van der Waals surface area contributed by atoms with E-state index in [0.29, 0.717) is 28.1 Å². The fraction of sp³-hybridized carbons (Fsp3) is 0.154. The highest BCUT2D eigenvalue weighted by Gasteiger charge is 2.15. The lowest BCUT2D eigenvalue weighted by Crippen LogP contribution is -2.03. The predicted octanol–water partition coefficient (Wildman–Crippen LogP) is 3.93. The molecule has 5 heteroatoms. The summed E-state index contributed by atoms with van der Waals surface area (Å²) in [6.07, 6.45) is 1.77. The van der Waals surface area contributed by atoms with Crippen LogP contribution in [0.15, 0.2) is 30.9 Å². The van der Waals surface area contributed by atoms with Crippen LogP contribution in [0.4, 0.5) is 5.82 Å². The number of hydrogen-bond acceptors (Lipinski definition) is 2. The number of anilines is 1. The normalized spacial score (nSPS) is 10.6. The Kier molecular flexibility index (Phi) is 3.64. The van der Waals surface area contributed by atoms with Crippen LogP contribution in [0.3, 0.4) is 0 Å². The van der Waals surface area contributed by atoms with Gasteiger partial charge in [0.25, 0.3) is 0 Å². The first-order valence-electron chi connectivity index (χ1n) is 5.43. The largest absolute Gasteiger partial charge is 0.383 e. The summed E-state index contributed by atoms with van der Waals surface area (Å²) in [7, 11) is 0. The second-order valence-electron chi connectivity index (χ2n) is 3.92. The van der Waals surface area contributed by atoms with Gasteiger partial charge < -0.3 is 10.3 Å². The van der Waals surface area contributed by atoms with Crippen molar-refractivity contribution in [2.24, 2.45) is 0 Å². The van der Waals surface area contributed by atoms with Crippen molar-refractivity contribution in [3.05, 3.63) is 46.7 Å². The minimum absolute atomic E-state index is 0.566. The van der Waals surface area contributed by atoms with Crippen LogP contribution in [0.2, 0.25) is 10.0 Å². The molecular formula is C13H13Cl2N3. The van der Waals surface area contributed by atoms with Crippen LogP contribution in [0.1, 0.15) is 5.82 Å². The number of aromatic nitrogens is 2. The first kappa shape index (κ1) is 13.0. The van der Waals surface area contributed by atoms with Gasteiger partial charge in [0, 0.05) is 17.1 Å². The number of allylic oxidation sites excluding steroid dienone is 1. The predicted molar refractivity (Wildman–Crippen MR) is 77.0 cm³/mol. The third-order valence-corrected chi connectivity index (χ3v) is 3.26. The van der Waals surface area contributed by atoms with Crippen molar-refractivity contribution in [3.63, 3.8) is 0 Å². The SMILES string of the molecule is C=CCn1c(C)nc(-c2cc(Cl)ccc2Cl)c1N. The summed E-state index contributed by atoms with van der Waals surface area (Å²) in [4.78, 5) is 4.45. The molecule has 0 saturated heterocycles. The molecule has 2 N–H and O–H groups in total. The Labute approximate surface area is 116 Å². The first-order chi connectivity index (χ1) is 8.54. The average molecular weight is 282 g/mol. The molecule has 0 unspecified atom stereocenters. The van der Waals surface area contributed by atoms with E-state index in [0.717, 1.165) is 11.4 Å². The fourth-order valence-corrected chi connectivity index (χ4v) is 2.20. The summed E-state index contributed by atoms with van der Waals surface area (Å²) in [6.45, 7) is 6.21. The number of aryl methyl sites for hydroxylation is 1. The molecule has 18 heavy (non-hydrogen) atoms. The summed E-state index contributed by atoms with van der Waals surface area (Å²) in [5.74, 6) is 1.38. The second kappa shape index (κ2) is 5.04. The van der Waals surface area contributed by atoms with E-state index in [1.165, 1.54) is 0 Å². The topological polar surface area (TPSA) is 43.8 Å². The number of rotatable bonds is 3. The van der Waals surface area contributed by atoms with Crippen LogP contribution in [0.5, 0.6) is 0 Å². The van der Waals surface area contributed by atoms with Crippen molar-refractivity contribution in [2.75, 3.05) is 5.73 Å². The molecule has 0 amide bonds. The van der Waals surface area contributed by atoms with Gasteiger partial charge in [-0.15, -0.1) is 6.58 Å². The summed E-state index contributed by atoms with van der Waals surface area (Å²) >= 11 is 12.1. The van der Waals surface area contributed by atoms with Crippen molar-refractivity contribution in [2.45, 2.75) is 13.5 Å². The average Bonchev–Trinajstić information content (AvgIpc) is 2.61. The molecule has 94 valence electrons. The molecule has 0 saturated carbocycles. The minimum atomic E-state index is 0.566. The smallest absolute Gasteiger partial charge is 0.132 e. The van der Waals surface area contributed by atoms with Gasteiger partial charge in [-0.05, 0) is 25.1 Å². The number of benzene rings is 1. The number of nitrogens with zero attached hydrogens (tertiary/aromatic N) is 2. The molecule has 2 rings (SSSR count). The Balaban J connectivity index is 2.61. The number of hydrogen-bond donors (Lipinski definition) is 1. The highest BCUT2D eigenvalue weighted by Crippen LogP contribution is 2.33. The van der Waals surface area contributed by atoms with Crippen molar-refractivity contribution in [1.82, 2.24) is 9.55 Å². The lowest BCUT2D eigenvalue weighted by molar-refractivity contribution is 0.792. The lowest BCUT2D eigenvalue weighted by Gasteiger charge is -2.05. The molecule has 3 nitrogen and oxygen atoms in total. The maximum Gasteiger partial charge on any atom is 0.132 e. The first-order valence-corrected chi connectivity index (χ1v) is 6.19. The van der Waals surface area contributed by atoms with Gasteiger partial charge in [-0.1, -0.05) is 29.3 Å². The molecule has 2 aromatic rings. The van der Waals surface area contributed by atoms with Crippen LogP contribution < -0.4 is 5.73 Å². The van der Waals surface area contributed by atoms with Gasteiger partial charge in [0.05, 0.1) is 5.02 Å². The fourth-order valence-electron chi connectivity index (χ4n) is 1.82. The zero-order valence-corrected chi connectivity index (χ0v) is 11.5. The van der Waals surface area contributed by atoms with Crippen LogP contribution in [-0.2, 0) is 6.54 Å². The van der Waals surface area contributed by atoms with Gasteiger partial charge in [0.1, 0.15) is 17.3 Å². The summed E-state index contributed by atoms with van der Waals surface area (Å²) in [5, 5.41) is 1.18.